The number of aliphatic imine (C=N–C) groups is 1. The molecule has 2 aliphatic rings. The summed E-state index contributed by atoms with van der Waals surface area (Å²) >= 11 is 0. The Hall–Kier alpha value is -5.71. The van der Waals surface area contributed by atoms with Crippen molar-refractivity contribution in [2.45, 2.75) is 64.6 Å². The molecular weight excluding hydrogens is 672 g/mol. The highest BCUT2D eigenvalue weighted by molar-refractivity contribution is 6.04. The van der Waals surface area contributed by atoms with Crippen molar-refractivity contribution in [2.24, 2.45) is 34.0 Å². The number of nitrogens with zero attached hydrogens (tertiary/aromatic N) is 1. The number of fused-ring (bicyclic) bond motifs is 2. The van der Waals surface area contributed by atoms with Crippen molar-refractivity contribution in [3.63, 3.8) is 0 Å². The largest absolute Gasteiger partial charge is 0.488 e. The maximum atomic E-state index is 14.0. The molecule has 2 heterocycles. The van der Waals surface area contributed by atoms with E-state index in [4.69, 9.17) is 21.9 Å². The number of amides is 6. The smallest absolute Gasteiger partial charge is 0.255 e. The first-order chi connectivity index (χ1) is 24.9. The molecule has 0 saturated carbocycles. The van der Waals surface area contributed by atoms with Gasteiger partial charge in [0.05, 0.1) is 12.1 Å². The van der Waals surface area contributed by atoms with Gasteiger partial charge in [-0.05, 0) is 75.0 Å². The van der Waals surface area contributed by atoms with Crippen molar-refractivity contribution in [3.05, 3.63) is 53.1 Å². The Morgan fingerprint density at radius 1 is 1.00 bits per heavy atom. The van der Waals surface area contributed by atoms with Crippen molar-refractivity contribution >= 4 is 52.8 Å². The third-order valence-electron chi connectivity index (χ3n) is 9.04. The molecule has 0 bridgehead atoms. The Morgan fingerprint density at radius 3 is 2.44 bits per heavy atom. The SMILES string of the molecule is CC[C@H](C)[C@@H]1NC(=O)c2cc(NC(=O)CNC(=O)C3CCNCC3)ccc2OCc2ccc(C(N)=O)cc2NC(=O)[C@H](CCCN=C(N)N)NC1=O. The van der Waals surface area contributed by atoms with Gasteiger partial charge in [-0.15, -0.1) is 0 Å². The predicted octanol–water partition coefficient (Wildman–Crippen LogP) is 0.0538. The lowest BCUT2D eigenvalue weighted by molar-refractivity contribution is -0.128. The molecule has 17 heteroatoms. The first-order valence-corrected chi connectivity index (χ1v) is 17.3. The maximum absolute atomic E-state index is 14.0. The van der Waals surface area contributed by atoms with E-state index < -0.39 is 41.6 Å². The van der Waals surface area contributed by atoms with Crippen LogP contribution >= 0.6 is 0 Å². The minimum Gasteiger partial charge on any atom is -0.488 e. The minimum absolute atomic E-state index is 0.0165. The van der Waals surface area contributed by atoms with Crippen molar-refractivity contribution in [1.29, 1.82) is 0 Å². The first-order valence-electron chi connectivity index (χ1n) is 17.3. The van der Waals surface area contributed by atoms with Crippen LogP contribution in [0.5, 0.6) is 5.75 Å². The van der Waals surface area contributed by atoms with E-state index in [2.05, 4.69) is 36.9 Å². The lowest BCUT2D eigenvalue weighted by Gasteiger charge is -2.27. The highest BCUT2D eigenvalue weighted by atomic mass is 16.5. The number of rotatable bonds is 11. The summed E-state index contributed by atoms with van der Waals surface area (Å²) < 4.78 is 6.11. The molecule has 52 heavy (non-hydrogen) atoms. The average molecular weight is 721 g/mol. The van der Waals surface area contributed by atoms with Crippen molar-refractivity contribution in [2.75, 3.05) is 36.8 Å². The average Bonchev–Trinajstić information content (AvgIpc) is 3.13. The summed E-state index contributed by atoms with van der Waals surface area (Å²) in [6.45, 7) is 4.90. The molecule has 3 atom stereocenters. The Bertz CT molecular complexity index is 1690. The number of piperidine rings is 1. The summed E-state index contributed by atoms with van der Waals surface area (Å²) in [6.07, 6.45) is 2.35. The van der Waals surface area contributed by atoms with Crippen LogP contribution in [0.3, 0.4) is 0 Å². The number of guanidine groups is 1. The van der Waals surface area contributed by atoms with E-state index in [1.165, 1.54) is 30.3 Å². The quantitative estimate of drug-likeness (QED) is 0.0855. The number of anilines is 2. The number of ether oxygens (including phenoxy) is 1. The second kappa shape index (κ2) is 18.5. The molecule has 12 N–H and O–H groups in total. The second-order valence-corrected chi connectivity index (χ2v) is 12.9. The van der Waals surface area contributed by atoms with Crippen LogP contribution < -0.4 is 53.8 Å². The van der Waals surface area contributed by atoms with Crippen LogP contribution in [0.2, 0.25) is 0 Å². The van der Waals surface area contributed by atoms with Gasteiger partial charge >= 0.3 is 0 Å². The third kappa shape index (κ3) is 10.9. The summed E-state index contributed by atoms with van der Waals surface area (Å²) in [5.41, 5.74) is 17.5. The zero-order valence-corrected chi connectivity index (χ0v) is 29.4. The number of carbonyl (C=O) groups is 6. The Labute approximate surface area is 301 Å². The van der Waals surface area contributed by atoms with E-state index in [1.54, 1.807) is 13.0 Å². The number of carbonyl (C=O) groups excluding carboxylic acids is 6. The van der Waals surface area contributed by atoms with Crippen molar-refractivity contribution in [1.82, 2.24) is 21.3 Å². The molecule has 0 unspecified atom stereocenters. The normalized spacial score (nSPS) is 18.8. The zero-order valence-electron chi connectivity index (χ0n) is 29.4. The van der Waals surface area contributed by atoms with Crippen molar-refractivity contribution < 1.29 is 33.5 Å². The van der Waals surface area contributed by atoms with Gasteiger partial charge in [-0.2, -0.15) is 0 Å². The van der Waals surface area contributed by atoms with Gasteiger partial charge in [0.25, 0.3) is 5.91 Å². The van der Waals surface area contributed by atoms with Gasteiger partial charge in [-0.25, -0.2) is 0 Å². The Kier molecular flexibility index (Phi) is 13.9. The summed E-state index contributed by atoms with van der Waals surface area (Å²) in [7, 11) is 0. The molecule has 280 valence electrons. The van der Waals surface area contributed by atoms with Gasteiger partial charge in [0.15, 0.2) is 5.96 Å². The highest BCUT2D eigenvalue weighted by Crippen LogP contribution is 2.27. The van der Waals surface area contributed by atoms with E-state index in [0.717, 1.165) is 13.1 Å². The molecule has 2 aliphatic heterocycles. The van der Waals surface area contributed by atoms with Crippen molar-refractivity contribution in [3.8, 4) is 5.75 Å². The Morgan fingerprint density at radius 2 is 1.75 bits per heavy atom. The lowest BCUT2D eigenvalue weighted by atomic mass is 9.96. The monoisotopic (exact) mass is 720 g/mol. The standard InChI is InChI=1S/C35H48N10O7/c1-3-19(2)29-34(51)43-25(5-4-12-40-35(37)38)33(50)44-26-15-21(30(36)47)6-7-22(26)18-52-27-9-8-23(16-24(27)32(49)45-29)42-28(46)17-41-31(48)20-10-13-39-14-11-20/h6-9,15-16,19-20,25,29,39H,3-5,10-14,17-18H2,1-2H3,(H2,36,47)(H,41,48)(H,42,46)(H,43,51)(H,44,50)(H,45,49)(H4,37,38,40)/t19-,25-,29-/m0/s1. The lowest BCUT2D eigenvalue weighted by Crippen LogP contribution is -2.55. The van der Waals surface area contributed by atoms with Gasteiger partial charge < -0.3 is 53.8 Å². The number of benzene rings is 2. The van der Waals surface area contributed by atoms with Crippen LogP contribution in [-0.2, 0) is 25.8 Å². The van der Waals surface area contributed by atoms with Gasteiger partial charge in [0.2, 0.25) is 29.5 Å². The van der Waals surface area contributed by atoms with Crippen LogP contribution in [0, 0.1) is 11.8 Å². The maximum Gasteiger partial charge on any atom is 0.255 e. The molecule has 1 saturated heterocycles. The molecule has 2 aromatic carbocycles. The number of hydrogen-bond donors (Lipinski definition) is 9. The zero-order chi connectivity index (χ0) is 37.8. The minimum atomic E-state index is -1.08. The summed E-state index contributed by atoms with van der Waals surface area (Å²) in [5.74, 6) is -3.81. The Balaban J connectivity index is 1.65. The molecule has 1 fully saturated rings. The third-order valence-corrected chi connectivity index (χ3v) is 9.04. The number of primary amides is 1. The van der Waals surface area contributed by atoms with Crippen LogP contribution in [-0.4, -0.2) is 79.7 Å². The molecule has 0 radical (unpaired) electrons. The second-order valence-electron chi connectivity index (χ2n) is 12.9. The molecule has 0 aliphatic carbocycles. The topological polar surface area (TPSA) is 274 Å². The number of hydrogen-bond acceptors (Lipinski definition) is 9. The van der Waals surface area contributed by atoms with Gasteiger partial charge in [-0.3, -0.25) is 33.8 Å². The summed E-state index contributed by atoms with van der Waals surface area (Å²) in [6, 6.07) is 6.72. The molecule has 17 nitrogen and oxygen atoms in total. The number of nitrogens with two attached hydrogens (primary N) is 3. The van der Waals surface area contributed by atoms with Crippen LogP contribution in [0.4, 0.5) is 11.4 Å². The molecule has 2 aromatic rings. The molecule has 0 spiro atoms. The van der Waals surface area contributed by atoms with E-state index >= 15 is 0 Å². The van der Waals surface area contributed by atoms with E-state index in [9.17, 15) is 28.8 Å². The number of nitrogens with one attached hydrogen (secondary N) is 6. The van der Waals surface area contributed by atoms with E-state index in [0.29, 0.717) is 31.2 Å². The summed E-state index contributed by atoms with van der Waals surface area (Å²) in [5, 5.41) is 17.0. The van der Waals surface area contributed by atoms with Gasteiger partial charge in [0, 0.05) is 35.0 Å². The highest BCUT2D eigenvalue weighted by Gasteiger charge is 2.32. The van der Waals surface area contributed by atoms with Gasteiger partial charge in [0.1, 0.15) is 24.4 Å². The summed E-state index contributed by atoms with van der Waals surface area (Å²) in [4.78, 5) is 82.8. The fraction of sp³-hybridized carbons (Fsp3) is 0.457. The van der Waals surface area contributed by atoms with E-state index in [1.807, 2.05) is 6.92 Å². The van der Waals surface area contributed by atoms with Crippen LogP contribution in [0.25, 0.3) is 0 Å². The van der Waals surface area contributed by atoms with Gasteiger partial charge in [-0.1, -0.05) is 26.3 Å². The molecular formula is C35H48N10O7. The molecule has 6 amide bonds. The van der Waals surface area contributed by atoms with E-state index in [-0.39, 0.29) is 78.1 Å². The fourth-order valence-electron chi connectivity index (χ4n) is 5.81. The van der Waals surface area contributed by atoms with Crippen LogP contribution in [0.1, 0.15) is 72.2 Å². The molecule has 4 rings (SSSR count). The molecule has 0 aromatic heterocycles. The van der Waals surface area contributed by atoms with Crippen LogP contribution in [0.15, 0.2) is 41.4 Å². The fourth-order valence-corrected chi connectivity index (χ4v) is 5.81. The first kappa shape index (κ1) is 39.1. The predicted molar refractivity (Wildman–Crippen MR) is 194 cm³/mol.